The van der Waals surface area contributed by atoms with Gasteiger partial charge in [-0.3, -0.25) is 9.78 Å². The van der Waals surface area contributed by atoms with Gasteiger partial charge in [0.2, 0.25) is 0 Å². The number of nitrogens with zero attached hydrogens (tertiary/aromatic N) is 2. The molecule has 1 N–H and O–H groups in total. The molecule has 2 aromatic rings. The first-order valence-electron chi connectivity index (χ1n) is 5.05. The summed E-state index contributed by atoms with van der Waals surface area (Å²) < 4.78 is 13.2. The molecule has 88 valence electrons. The van der Waals surface area contributed by atoms with Crippen molar-refractivity contribution >= 4 is 22.6 Å². The minimum absolute atomic E-state index is 0.143. The first-order valence-corrected chi connectivity index (χ1v) is 5.05. The molecule has 0 bridgehead atoms. The van der Waals surface area contributed by atoms with Crippen LogP contribution in [0.3, 0.4) is 0 Å². The Kier molecular flexibility index (Phi) is 2.91. The van der Waals surface area contributed by atoms with Crippen molar-refractivity contribution < 1.29 is 14.3 Å². The number of carbonyl (C=O) groups is 1. The average molecular weight is 234 g/mol. The maximum Gasteiger partial charge on any atom is 0.323 e. The highest BCUT2D eigenvalue weighted by molar-refractivity contribution is 5.92. The Bertz CT molecular complexity index is 571. The van der Waals surface area contributed by atoms with Crippen LogP contribution in [0, 0.1) is 5.82 Å². The van der Waals surface area contributed by atoms with E-state index in [1.165, 1.54) is 12.1 Å². The molecule has 17 heavy (non-hydrogen) atoms. The summed E-state index contributed by atoms with van der Waals surface area (Å²) in [7, 11) is 1.65. The molecule has 1 aromatic carbocycles. The Morgan fingerprint density at radius 1 is 1.47 bits per heavy atom. The zero-order valence-corrected chi connectivity index (χ0v) is 9.22. The van der Waals surface area contributed by atoms with Crippen molar-refractivity contribution in [3.8, 4) is 0 Å². The molecule has 0 spiro atoms. The second kappa shape index (κ2) is 4.37. The van der Waals surface area contributed by atoms with Crippen LogP contribution in [0.2, 0.25) is 0 Å². The Morgan fingerprint density at radius 3 is 2.94 bits per heavy atom. The molecule has 4 nitrogen and oxygen atoms in total. The number of fused-ring (bicyclic) bond motifs is 1. The number of rotatable bonds is 3. The number of anilines is 1. The van der Waals surface area contributed by atoms with Crippen molar-refractivity contribution in [3.63, 3.8) is 0 Å². The van der Waals surface area contributed by atoms with Crippen molar-refractivity contribution in [1.29, 1.82) is 0 Å². The molecule has 0 radical (unpaired) electrons. The summed E-state index contributed by atoms with van der Waals surface area (Å²) in [5, 5.41) is 9.35. The Labute approximate surface area is 97.3 Å². The van der Waals surface area contributed by atoms with E-state index in [-0.39, 0.29) is 12.4 Å². The van der Waals surface area contributed by atoms with E-state index in [0.29, 0.717) is 16.6 Å². The minimum Gasteiger partial charge on any atom is -0.480 e. The largest absolute Gasteiger partial charge is 0.480 e. The fourth-order valence-corrected chi connectivity index (χ4v) is 1.72. The number of benzene rings is 1. The molecule has 0 saturated heterocycles. The maximum absolute atomic E-state index is 13.2. The molecule has 0 unspecified atom stereocenters. The van der Waals surface area contributed by atoms with Gasteiger partial charge >= 0.3 is 5.97 Å². The fraction of sp³-hybridized carbons (Fsp3) is 0.167. The Balaban J connectivity index is 2.52. The van der Waals surface area contributed by atoms with E-state index in [0.717, 1.165) is 0 Å². The van der Waals surface area contributed by atoms with Gasteiger partial charge < -0.3 is 10.0 Å². The van der Waals surface area contributed by atoms with Gasteiger partial charge in [-0.2, -0.15) is 0 Å². The van der Waals surface area contributed by atoms with Crippen LogP contribution >= 0.6 is 0 Å². The summed E-state index contributed by atoms with van der Waals surface area (Å²) in [5.41, 5.74) is 1.29. The lowest BCUT2D eigenvalue weighted by Gasteiger charge is -2.18. The molecule has 0 aliphatic carbocycles. The average Bonchev–Trinajstić information content (AvgIpc) is 2.27. The Hall–Kier alpha value is -2.17. The lowest BCUT2D eigenvalue weighted by molar-refractivity contribution is -0.135. The van der Waals surface area contributed by atoms with Gasteiger partial charge in [0.05, 0.1) is 5.52 Å². The van der Waals surface area contributed by atoms with E-state index < -0.39 is 5.97 Å². The predicted octanol–water partition coefficient (Wildman–Crippen LogP) is 1.89. The highest BCUT2D eigenvalue weighted by Crippen LogP contribution is 2.24. The van der Waals surface area contributed by atoms with E-state index in [1.54, 1.807) is 30.3 Å². The zero-order valence-electron chi connectivity index (χ0n) is 9.22. The number of carboxylic acids is 1. The summed E-state index contributed by atoms with van der Waals surface area (Å²) >= 11 is 0. The smallest absolute Gasteiger partial charge is 0.323 e. The quantitative estimate of drug-likeness (QED) is 0.881. The minimum atomic E-state index is -0.936. The molecule has 2 rings (SSSR count). The normalized spacial score (nSPS) is 10.5. The molecule has 1 aromatic heterocycles. The Morgan fingerprint density at radius 2 is 2.24 bits per heavy atom. The predicted molar refractivity (Wildman–Crippen MR) is 62.6 cm³/mol. The van der Waals surface area contributed by atoms with E-state index in [2.05, 4.69) is 4.98 Å². The highest BCUT2D eigenvalue weighted by atomic mass is 19.1. The van der Waals surface area contributed by atoms with Crippen molar-refractivity contribution in [2.75, 3.05) is 18.5 Å². The monoisotopic (exact) mass is 234 g/mol. The zero-order chi connectivity index (χ0) is 12.4. The van der Waals surface area contributed by atoms with Gasteiger partial charge in [-0.05, 0) is 24.3 Å². The third-order valence-electron chi connectivity index (χ3n) is 2.46. The standard InChI is InChI=1S/C12H11FN2O2/c1-15(7-12(16)17)11-4-5-14-10-3-2-8(13)6-9(10)11/h2-6H,7H2,1H3,(H,16,17). The molecule has 0 atom stereocenters. The number of carboxylic acid groups (broad SMARTS) is 1. The van der Waals surface area contributed by atoms with E-state index in [1.807, 2.05) is 0 Å². The van der Waals surface area contributed by atoms with E-state index in [4.69, 9.17) is 5.11 Å². The molecular weight excluding hydrogens is 223 g/mol. The molecule has 0 aliphatic rings. The summed E-state index contributed by atoms with van der Waals surface area (Å²) in [4.78, 5) is 16.3. The fourth-order valence-electron chi connectivity index (χ4n) is 1.72. The molecule has 0 fully saturated rings. The van der Waals surface area contributed by atoms with Gasteiger partial charge in [-0.15, -0.1) is 0 Å². The van der Waals surface area contributed by atoms with Crippen LogP contribution in [0.15, 0.2) is 30.5 Å². The van der Waals surface area contributed by atoms with E-state index >= 15 is 0 Å². The van der Waals surface area contributed by atoms with Gasteiger partial charge in [0, 0.05) is 24.3 Å². The van der Waals surface area contributed by atoms with Crippen LogP contribution < -0.4 is 4.90 Å². The first kappa shape index (κ1) is 11.3. The van der Waals surface area contributed by atoms with Gasteiger partial charge in [0.1, 0.15) is 12.4 Å². The van der Waals surface area contributed by atoms with Crippen LogP contribution in [0.4, 0.5) is 10.1 Å². The maximum atomic E-state index is 13.2. The number of aromatic nitrogens is 1. The molecule has 0 saturated carbocycles. The van der Waals surface area contributed by atoms with Crippen LogP contribution in [0.25, 0.3) is 10.9 Å². The van der Waals surface area contributed by atoms with Gasteiger partial charge in [-0.1, -0.05) is 0 Å². The van der Waals surface area contributed by atoms with Gasteiger partial charge in [0.15, 0.2) is 0 Å². The number of likely N-dealkylation sites (N-methyl/N-ethyl adjacent to an activating group) is 1. The highest BCUT2D eigenvalue weighted by Gasteiger charge is 2.10. The van der Waals surface area contributed by atoms with Crippen LogP contribution in [-0.2, 0) is 4.79 Å². The van der Waals surface area contributed by atoms with Gasteiger partial charge in [-0.25, -0.2) is 4.39 Å². The van der Waals surface area contributed by atoms with Crippen molar-refractivity contribution in [3.05, 3.63) is 36.3 Å². The van der Waals surface area contributed by atoms with Crippen molar-refractivity contribution in [1.82, 2.24) is 4.98 Å². The summed E-state index contributed by atoms with van der Waals surface area (Å²) in [6.07, 6.45) is 1.58. The third kappa shape index (κ3) is 2.33. The third-order valence-corrected chi connectivity index (χ3v) is 2.46. The van der Waals surface area contributed by atoms with Crippen LogP contribution in [0.5, 0.6) is 0 Å². The lowest BCUT2D eigenvalue weighted by Crippen LogP contribution is -2.25. The van der Waals surface area contributed by atoms with Crippen molar-refractivity contribution in [2.45, 2.75) is 0 Å². The number of halogens is 1. The topological polar surface area (TPSA) is 53.4 Å². The number of pyridine rings is 1. The van der Waals surface area contributed by atoms with Crippen LogP contribution in [-0.4, -0.2) is 29.7 Å². The molecule has 0 amide bonds. The molecule has 1 heterocycles. The lowest BCUT2D eigenvalue weighted by atomic mass is 10.1. The summed E-state index contributed by atoms with van der Waals surface area (Å²) in [6, 6.07) is 5.93. The number of hydrogen-bond donors (Lipinski definition) is 1. The first-order chi connectivity index (χ1) is 8.08. The molecular formula is C12H11FN2O2. The molecule has 0 aliphatic heterocycles. The summed E-state index contributed by atoms with van der Waals surface area (Å²) in [6.45, 7) is -0.143. The van der Waals surface area contributed by atoms with Gasteiger partial charge in [0.25, 0.3) is 0 Å². The van der Waals surface area contributed by atoms with E-state index in [9.17, 15) is 9.18 Å². The van der Waals surface area contributed by atoms with Crippen LogP contribution in [0.1, 0.15) is 0 Å². The second-order valence-electron chi connectivity index (χ2n) is 3.74. The van der Waals surface area contributed by atoms with Crippen molar-refractivity contribution in [2.24, 2.45) is 0 Å². The number of aliphatic carboxylic acids is 1. The second-order valence-corrected chi connectivity index (χ2v) is 3.74. The summed E-state index contributed by atoms with van der Waals surface area (Å²) in [5.74, 6) is -1.30. The SMILES string of the molecule is CN(CC(=O)O)c1ccnc2ccc(F)cc12. The molecule has 5 heteroatoms. The number of hydrogen-bond acceptors (Lipinski definition) is 3.